The summed E-state index contributed by atoms with van der Waals surface area (Å²) in [5.74, 6) is -2.50. The van der Waals surface area contributed by atoms with Gasteiger partial charge in [0.05, 0.1) is 17.9 Å². The molecule has 15 heavy (non-hydrogen) atoms. The molecule has 1 rings (SSSR count). The summed E-state index contributed by atoms with van der Waals surface area (Å²) in [4.78, 5) is 22.5. The number of hydrogen-bond donors (Lipinski definition) is 1. The summed E-state index contributed by atoms with van der Waals surface area (Å²) in [6.45, 7) is 3.51. The maximum Gasteiger partial charge on any atom is 0.310 e. The van der Waals surface area contributed by atoms with Crippen LogP contribution in [0.3, 0.4) is 0 Å². The third-order valence-corrected chi connectivity index (χ3v) is 2.40. The highest BCUT2D eigenvalue weighted by atomic mass is 16.5. The van der Waals surface area contributed by atoms with Gasteiger partial charge in [0.2, 0.25) is 0 Å². The summed E-state index contributed by atoms with van der Waals surface area (Å²) in [5.41, 5.74) is 0. The zero-order chi connectivity index (χ0) is 11.4. The Morgan fingerprint density at radius 1 is 1.27 bits per heavy atom. The predicted octanol–water partition coefficient (Wildman–Crippen LogP) is 1.60. The second-order valence-corrected chi connectivity index (χ2v) is 3.98. The number of carbonyl (C=O) groups is 2. The van der Waals surface area contributed by atoms with Crippen molar-refractivity contribution in [2.24, 2.45) is 11.8 Å². The van der Waals surface area contributed by atoms with Crippen molar-refractivity contribution in [1.82, 2.24) is 0 Å². The molecule has 0 bridgehead atoms. The van der Waals surface area contributed by atoms with Crippen LogP contribution in [0.5, 0.6) is 0 Å². The number of aliphatic carboxylic acids is 1. The zero-order valence-corrected chi connectivity index (χ0v) is 8.97. The van der Waals surface area contributed by atoms with Gasteiger partial charge in [-0.1, -0.05) is 12.2 Å². The summed E-state index contributed by atoms with van der Waals surface area (Å²) < 4.78 is 5.03. The molecule has 4 heteroatoms. The van der Waals surface area contributed by atoms with Crippen LogP contribution in [-0.4, -0.2) is 23.1 Å². The monoisotopic (exact) mass is 212 g/mol. The summed E-state index contributed by atoms with van der Waals surface area (Å²) in [5, 5.41) is 8.95. The van der Waals surface area contributed by atoms with Crippen LogP contribution in [0.25, 0.3) is 0 Å². The van der Waals surface area contributed by atoms with Gasteiger partial charge in [0.1, 0.15) is 0 Å². The molecule has 0 fully saturated rings. The van der Waals surface area contributed by atoms with Crippen LogP contribution in [0.2, 0.25) is 0 Å². The number of allylic oxidation sites excluding steroid dienone is 2. The zero-order valence-electron chi connectivity index (χ0n) is 8.97. The number of carbonyl (C=O) groups excluding carboxylic acids is 1. The average Bonchev–Trinajstić information content (AvgIpc) is 2.16. The summed E-state index contributed by atoms with van der Waals surface area (Å²) in [7, 11) is 0. The molecule has 0 radical (unpaired) electrons. The van der Waals surface area contributed by atoms with E-state index in [2.05, 4.69) is 0 Å². The second-order valence-electron chi connectivity index (χ2n) is 3.98. The minimum absolute atomic E-state index is 0.196. The van der Waals surface area contributed by atoms with Gasteiger partial charge < -0.3 is 9.84 Å². The Bertz CT molecular complexity index is 280. The Labute approximate surface area is 88.9 Å². The lowest BCUT2D eigenvalue weighted by Gasteiger charge is -2.24. The molecule has 1 N–H and O–H groups in total. The van der Waals surface area contributed by atoms with Crippen molar-refractivity contribution in [1.29, 1.82) is 0 Å². The van der Waals surface area contributed by atoms with Crippen molar-refractivity contribution in [2.75, 3.05) is 0 Å². The second kappa shape index (κ2) is 4.96. The molecule has 0 spiro atoms. The average molecular weight is 212 g/mol. The third-order valence-electron chi connectivity index (χ3n) is 2.40. The maximum atomic E-state index is 11.6. The standard InChI is InChI=1S/C11H16O4/c1-7(2)15-11(14)9-6-4-3-5-8(9)10(12)13/h3-4,7-9H,5-6H2,1-2H3,(H,12,13). The number of rotatable bonds is 3. The fourth-order valence-corrected chi connectivity index (χ4v) is 1.67. The minimum atomic E-state index is -0.926. The van der Waals surface area contributed by atoms with Crippen molar-refractivity contribution >= 4 is 11.9 Å². The van der Waals surface area contributed by atoms with Crippen LogP contribution < -0.4 is 0 Å². The van der Waals surface area contributed by atoms with E-state index in [4.69, 9.17) is 9.84 Å². The van der Waals surface area contributed by atoms with E-state index in [0.29, 0.717) is 12.8 Å². The summed E-state index contributed by atoms with van der Waals surface area (Å²) >= 11 is 0. The number of esters is 1. The van der Waals surface area contributed by atoms with E-state index < -0.39 is 23.8 Å². The molecule has 0 aromatic carbocycles. The molecule has 0 saturated heterocycles. The highest BCUT2D eigenvalue weighted by Crippen LogP contribution is 2.27. The van der Waals surface area contributed by atoms with Crippen molar-refractivity contribution in [3.05, 3.63) is 12.2 Å². The van der Waals surface area contributed by atoms with Gasteiger partial charge in [-0.3, -0.25) is 9.59 Å². The first kappa shape index (κ1) is 11.8. The molecule has 0 aromatic heterocycles. The normalized spacial score (nSPS) is 25.3. The first-order valence-electron chi connectivity index (χ1n) is 5.10. The Morgan fingerprint density at radius 2 is 1.80 bits per heavy atom. The molecular formula is C11H16O4. The lowest BCUT2D eigenvalue weighted by atomic mass is 9.83. The maximum absolute atomic E-state index is 11.6. The van der Waals surface area contributed by atoms with Crippen LogP contribution in [0.15, 0.2) is 12.2 Å². The number of carboxylic acid groups (broad SMARTS) is 1. The highest BCUT2D eigenvalue weighted by Gasteiger charge is 2.35. The summed E-state index contributed by atoms with van der Waals surface area (Å²) in [6, 6.07) is 0. The summed E-state index contributed by atoms with van der Waals surface area (Å²) in [6.07, 6.45) is 4.32. The largest absolute Gasteiger partial charge is 0.481 e. The quantitative estimate of drug-likeness (QED) is 0.570. The number of carboxylic acids is 1. The van der Waals surface area contributed by atoms with Crippen LogP contribution >= 0.6 is 0 Å². The van der Waals surface area contributed by atoms with Crippen LogP contribution in [-0.2, 0) is 14.3 Å². The molecule has 4 nitrogen and oxygen atoms in total. The molecule has 1 aliphatic carbocycles. The predicted molar refractivity (Wildman–Crippen MR) is 54.2 cm³/mol. The van der Waals surface area contributed by atoms with Gasteiger partial charge in [-0.05, 0) is 26.7 Å². The minimum Gasteiger partial charge on any atom is -0.481 e. The molecule has 0 aliphatic heterocycles. The van der Waals surface area contributed by atoms with E-state index in [-0.39, 0.29) is 6.10 Å². The Kier molecular flexibility index (Phi) is 3.88. The van der Waals surface area contributed by atoms with Gasteiger partial charge >= 0.3 is 11.9 Å². The smallest absolute Gasteiger partial charge is 0.310 e. The molecule has 2 atom stereocenters. The molecule has 0 aromatic rings. The molecule has 0 heterocycles. The molecule has 84 valence electrons. The van der Waals surface area contributed by atoms with E-state index in [1.54, 1.807) is 19.9 Å². The fourth-order valence-electron chi connectivity index (χ4n) is 1.67. The Balaban J connectivity index is 2.69. The lowest BCUT2D eigenvalue weighted by molar-refractivity contribution is -0.160. The van der Waals surface area contributed by atoms with Crippen LogP contribution in [0.1, 0.15) is 26.7 Å². The van der Waals surface area contributed by atoms with E-state index in [9.17, 15) is 9.59 Å². The van der Waals surface area contributed by atoms with E-state index in [1.807, 2.05) is 6.08 Å². The third kappa shape index (κ3) is 3.08. The number of hydrogen-bond acceptors (Lipinski definition) is 3. The lowest BCUT2D eigenvalue weighted by Crippen LogP contribution is -2.33. The first-order valence-corrected chi connectivity index (χ1v) is 5.10. The highest BCUT2D eigenvalue weighted by molar-refractivity contribution is 5.81. The van der Waals surface area contributed by atoms with Gasteiger partial charge in [-0.2, -0.15) is 0 Å². The fraction of sp³-hybridized carbons (Fsp3) is 0.636. The van der Waals surface area contributed by atoms with Crippen molar-refractivity contribution < 1.29 is 19.4 Å². The van der Waals surface area contributed by atoms with Crippen molar-refractivity contribution in [3.63, 3.8) is 0 Å². The first-order chi connectivity index (χ1) is 7.02. The van der Waals surface area contributed by atoms with E-state index in [0.717, 1.165) is 0 Å². The van der Waals surface area contributed by atoms with Crippen LogP contribution in [0, 0.1) is 11.8 Å². The van der Waals surface area contributed by atoms with Gasteiger partial charge in [0, 0.05) is 0 Å². The number of ether oxygens (including phenoxy) is 1. The van der Waals surface area contributed by atoms with Gasteiger partial charge in [-0.15, -0.1) is 0 Å². The molecule has 1 aliphatic rings. The molecular weight excluding hydrogens is 196 g/mol. The van der Waals surface area contributed by atoms with Gasteiger partial charge in [0.25, 0.3) is 0 Å². The van der Waals surface area contributed by atoms with E-state index in [1.165, 1.54) is 0 Å². The van der Waals surface area contributed by atoms with Gasteiger partial charge in [-0.25, -0.2) is 0 Å². The van der Waals surface area contributed by atoms with Gasteiger partial charge in [0.15, 0.2) is 0 Å². The van der Waals surface area contributed by atoms with Crippen LogP contribution in [0.4, 0.5) is 0 Å². The SMILES string of the molecule is CC(C)OC(=O)C1CC=CCC1C(=O)O. The molecule has 0 amide bonds. The molecule has 2 unspecified atom stereocenters. The topological polar surface area (TPSA) is 63.6 Å². The van der Waals surface area contributed by atoms with Crippen molar-refractivity contribution in [2.45, 2.75) is 32.8 Å². The van der Waals surface area contributed by atoms with E-state index >= 15 is 0 Å². The Hall–Kier alpha value is -1.32. The molecule has 0 saturated carbocycles. The van der Waals surface area contributed by atoms with Crippen molar-refractivity contribution in [3.8, 4) is 0 Å². The Morgan fingerprint density at radius 3 is 2.27 bits per heavy atom.